The lowest BCUT2D eigenvalue weighted by molar-refractivity contribution is -0.0688. The first-order valence-electron chi connectivity index (χ1n) is 12.9. The Morgan fingerprint density at radius 3 is 2.16 bits per heavy atom. The van der Waals surface area contributed by atoms with Gasteiger partial charge in [0.05, 0.1) is 11.7 Å². The molecule has 0 spiro atoms. The van der Waals surface area contributed by atoms with Crippen molar-refractivity contribution in [2.24, 2.45) is 10.8 Å². The predicted molar refractivity (Wildman–Crippen MR) is 142 cm³/mol. The van der Waals surface area contributed by atoms with Crippen molar-refractivity contribution < 1.29 is 8.85 Å². The molecule has 3 atom stereocenters. The number of hydrogen-bond donors (Lipinski definition) is 0. The highest BCUT2D eigenvalue weighted by Crippen LogP contribution is 2.65. The molecule has 1 aliphatic heterocycles. The van der Waals surface area contributed by atoms with Gasteiger partial charge in [0.25, 0.3) is 0 Å². The van der Waals surface area contributed by atoms with E-state index in [1.807, 2.05) is 0 Å². The first-order valence-corrected chi connectivity index (χ1v) is 14.7. The van der Waals surface area contributed by atoms with Crippen molar-refractivity contribution in [1.29, 1.82) is 0 Å². The molecule has 2 rings (SSSR count). The summed E-state index contributed by atoms with van der Waals surface area (Å²) >= 11 is 0. The van der Waals surface area contributed by atoms with E-state index in [-0.39, 0.29) is 32.6 Å². The molecule has 1 heterocycles. The van der Waals surface area contributed by atoms with Crippen LogP contribution in [0.2, 0.25) is 10.1 Å². The van der Waals surface area contributed by atoms with Crippen LogP contribution in [0.25, 0.3) is 0 Å². The highest BCUT2D eigenvalue weighted by atomic mass is 28.4. The Hall–Kier alpha value is -0.643. The molecule has 3 heteroatoms. The highest BCUT2D eigenvalue weighted by molar-refractivity contribution is 6.74. The van der Waals surface area contributed by atoms with E-state index >= 15 is 0 Å². The summed E-state index contributed by atoms with van der Waals surface area (Å²) in [6, 6.07) is 0. The van der Waals surface area contributed by atoms with Crippen LogP contribution in [0.5, 0.6) is 0 Å². The lowest BCUT2D eigenvalue weighted by atomic mass is 9.61. The van der Waals surface area contributed by atoms with Gasteiger partial charge in [-0.05, 0) is 43.1 Å². The van der Waals surface area contributed by atoms with Gasteiger partial charge in [-0.25, -0.2) is 0 Å². The summed E-state index contributed by atoms with van der Waals surface area (Å²) < 4.78 is 15.2. The average Bonchev–Trinajstić information content (AvgIpc) is 3.05. The van der Waals surface area contributed by atoms with E-state index in [0.29, 0.717) is 0 Å². The quantitative estimate of drug-likeness (QED) is 0.265. The second kappa shape index (κ2) is 9.19. The molecule has 2 aliphatic rings. The van der Waals surface area contributed by atoms with Gasteiger partial charge >= 0.3 is 8.56 Å². The smallest absolute Gasteiger partial charge is 0.350 e. The van der Waals surface area contributed by atoms with Gasteiger partial charge in [0.1, 0.15) is 0 Å². The maximum atomic E-state index is 7.68. The Morgan fingerprint density at radius 1 is 1.09 bits per heavy atom. The summed E-state index contributed by atoms with van der Waals surface area (Å²) in [5.41, 5.74) is 0.890. The molecule has 0 amide bonds. The Bertz CT molecular complexity index is 706. The van der Waals surface area contributed by atoms with E-state index in [4.69, 9.17) is 8.85 Å². The van der Waals surface area contributed by atoms with Crippen molar-refractivity contribution in [1.82, 2.24) is 0 Å². The molecular formula is C29H52O2Si. The third kappa shape index (κ3) is 4.39. The van der Waals surface area contributed by atoms with E-state index in [0.717, 1.165) is 38.5 Å². The largest absolute Gasteiger partial charge is 0.384 e. The fourth-order valence-corrected chi connectivity index (χ4v) is 11.7. The molecule has 0 saturated carbocycles. The minimum atomic E-state index is -2.69. The number of hydrogen-bond acceptors (Lipinski definition) is 2. The lowest BCUT2D eigenvalue weighted by Crippen LogP contribution is -2.58. The normalized spacial score (nSPS) is 31.3. The monoisotopic (exact) mass is 460 g/mol. The molecule has 1 fully saturated rings. The van der Waals surface area contributed by atoms with Crippen molar-refractivity contribution in [2.75, 3.05) is 0 Å². The van der Waals surface area contributed by atoms with Gasteiger partial charge in [0, 0.05) is 15.5 Å². The summed E-state index contributed by atoms with van der Waals surface area (Å²) in [7, 11) is -2.69. The predicted octanol–water partition coefficient (Wildman–Crippen LogP) is 9.28. The number of rotatable bonds is 8. The molecule has 0 aromatic heterocycles. The minimum absolute atomic E-state index is 0.0441. The summed E-state index contributed by atoms with van der Waals surface area (Å²) in [6.07, 6.45) is 14.3. The molecule has 1 unspecified atom stereocenters. The van der Waals surface area contributed by atoms with Crippen LogP contribution in [0.1, 0.15) is 114 Å². The molecule has 0 N–H and O–H groups in total. The average molecular weight is 461 g/mol. The van der Waals surface area contributed by atoms with Crippen LogP contribution in [0, 0.1) is 10.8 Å². The first-order chi connectivity index (χ1) is 14.6. The topological polar surface area (TPSA) is 18.5 Å². The van der Waals surface area contributed by atoms with E-state index in [1.54, 1.807) is 0 Å². The molecule has 32 heavy (non-hydrogen) atoms. The molecule has 184 valence electrons. The zero-order chi connectivity index (χ0) is 24.6. The number of allylic oxidation sites excluding steroid dienone is 3. The molecule has 0 aromatic carbocycles. The highest BCUT2D eigenvalue weighted by Gasteiger charge is 2.72. The van der Waals surface area contributed by atoms with Gasteiger partial charge in [-0.2, -0.15) is 0 Å². The fourth-order valence-electron chi connectivity index (χ4n) is 6.41. The lowest BCUT2D eigenvalue weighted by Gasteiger charge is -2.51. The molecule has 1 saturated heterocycles. The van der Waals surface area contributed by atoms with Gasteiger partial charge in [-0.1, -0.05) is 100 Å². The Labute approximate surface area is 201 Å². The second-order valence-corrected chi connectivity index (χ2v) is 17.9. The van der Waals surface area contributed by atoms with Crippen molar-refractivity contribution in [3.8, 4) is 0 Å². The van der Waals surface area contributed by atoms with E-state index < -0.39 is 8.56 Å². The minimum Gasteiger partial charge on any atom is -0.384 e. The zero-order valence-corrected chi connectivity index (χ0v) is 24.0. The van der Waals surface area contributed by atoms with E-state index in [1.165, 1.54) is 12.0 Å². The van der Waals surface area contributed by atoms with Gasteiger partial charge < -0.3 is 8.85 Å². The van der Waals surface area contributed by atoms with Crippen LogP contribution in [0.15, 0.2) is 37.0 Å². The molecule has 1 aliphatic carbocycles. The fraction of sp³-hybridized carbons (Fsp3) is 0.793. The Kier molecular flexibility index (Phi) is 7.93. The van der Waals surface area contributed by atoms with Crippen LogP contribution in [-0.2, 0) is 8.85 Å². The van der Waals surface area contributed by atoms with Gasteiger partial charge in [0.2, 0.25) is 0 Å². The van der Waals surface area contributed by atoms with E-state index in [9.17, 15) is 0 Å². The van der Waals surface area contributed by atoms with Crippen molar-refractivity contribution in [3.05, 3.63) is 37.0 Å². The molecule has 2 nitrogen and oxygen atoms in total. The Morgan fingerprint density at radius 2 is 1.69 bits per heavy atom. The van der Waals surface area contributed by atoms with Gasteiger partial charge in [-0.3, -0.25) is 0 Å². The maximum Gasteiger partial charge on any atom is 0.350 e. The number of unbranched alkanes of at least 4 members (excludes halogenated alkanes) is 1. The summed E-state index contributed by atoms with van der Waals surface area (Å²) in [5, 5.41) is -0.108. The third-order valence-corrected chi connectivity index (χ3v) is 13.5. The van der Waals surface area contributed by atoms with Crippen LogP contribution in [0.4, 0.5) is 0 Å². The van der Waals surface area contributed by atoms with E-state index in [2.05, 4.69) is 101 Å². The summed E-state index contributed by atoms with van der Waals surface area (Å²) in [6.45, 7) is 31.8. The molecule has 0 aromatic rings. The maximum absolute atomic E-state index is 7.68. The van der Waals surface area contributed by atoms with Crippen molar-refractivity contribution >= 4 is 8.56 Å². The summed E-state index contributed by atoms with van der Waals surface area (Å²) in [5.74, 6) is 0. The molecule has 0 radical (unpaired) electrons. The van der Waals surface area contributed by atoms with Crippen LogP contribution in [0.3, 0.4) is 0 Å². The molecule has 0 bridgehead atoms. The third-order valence-electron chi connectivity index (χ3n) is 8.37. The van der Waals surface area contributed by atoms with Crippen LogP contribution >= 0.6 is 0 Å². The van der Waals surface area contributed by atoms with Gasteiger partial charge in [-0.15, -0.1) is 13.2 Å². The second-order valence-electron chi connectivity index (χ2n) is 13.3. The molecular weight excluding hydrogens is 408 g/mol. The zero-order valence-electron chi connectivity index (χ0n) is 23.0. The van der Waals surface area contributed by atoms with Crippen molar-refractivity contribution in [2.45, 2.75) is 136 Å². The first kappa shape index (κ1) is 27.6. The van der Waals surface area contributed by atoms with Crippen LogP contribution < -0.4 is 0 Å². The standard InChI is InChI=1S/C29H52O2Si/c1-13-16-22-29(27(10,11)20-14-2)24(23-19-17-18-21-28(23,12)15-3)30-32(31-29,25(4,5)6)26(7,8)9/h14-15,19,24H,2-3,13,16-18,20-22H2,1,4-12H3/t24-,28?,29+/m0/s1. The Balaban J connectivity index is 2.87. The summed E-state index contributed by atoms with van der Waals surface area (Å²) in [4.78, 5) is 0. The SMILES string of the molecule is C=CCC(C)(C)[C@]1(CCCC)O[Si](C(C)(C)C)(C(C)(C)C)O[C@H]1C1=CCCCC1(C)C=C. The van der Waals surface area contributed by atoms with Gasteiger partial charge in [0.15, 0.2) is 0 Å². The van der Waals surface area contributed by atoms with Crippen LogP contribution in [-0.4, -0.2) is 20.3 Å². The van der Waals surface area contributed by atoms with Crippen molar-refractivity contribution in [3.63, 3.8) is 0 Å².